The van der Waals surface area contributed by atoms with E-state index < -0.39 is 15.7 Å². The minimum Gasteiger partial charge on any atom is -0.495 e. The van der Waals surface area contributed by atoms with Gasteiger partial charge in [-0.2, -0.15) is 5.26 Å². The van der Waals surface area contributed by atoms with E-state index in [1.165, 1.54) is 7.11 Å². The van der Waals surface area contributed by atoms with E-state index in [4.69, 9.17) is 10.5 Å². The van der Waals surface area contributed by atoms with E-state index in [2.05, 4.69) is 11.1 Å². The number of hydrogen-bond donors (Lipinski definition) is 2. The molecule has 1 fully saturated rings. The minimum atomic E-state index is -2.97. The number of H-pyrrole nitrogens is 1. The summed E-state index contributed by atoms with van der Waals surface area (Å²) in [4.78, 5) is 15.3. The third-order valence-corrected chi connectivity index (χ3v) is 7.45. The normalized spacial score (nSPS) is 16.3. The second-order valence-corrected chi connectivity index (χ2v) is 9.81. The van der Waals surface area contributed by atoms with E-state index in [1.807, 2.05) is 18.3 Å². The van der Waals surface area contributed by atoms with Crippen LogP contribution in [0.4, 0.5) is 0 Å². The molecule has 0 bridgehead atoms. The summed E-state index contributed by atoms with van der Waals surface area (Å²) in [6.45, 7) is 0. The number of primary amides is 1. The number of amides is 1. The molecule has 1 aliphatic heterocycles. The summed E-state index contributed by atoms with van der Waals surface area (Å²) in [7, 11) is -1.47. The van der Waals surface area contributed by atoms with Crippen LogP contribution in [0.25, 0.3) is 22.0 Å². The van der Waals surface area contributed by atoms with Crippen molar-refractivity contribution in [2.75, 3.05) is 18.6 Å². The van der Waals surface area contributed by atoms with Gasteiger partial charge in [-0.05, 0) is 59.7 Å². The number of benzene rings is 2. The molecule has 1 amide bonds. The van der Waals surface area contributed by atoms with Gasteiger partial charge in [-0.1, -0.05) is 6.07 Å². The third-order valence-electron chi connectivity index (χ3n) is 5.73. The Labute approximate surface area is 174 Å². The van der Waals surface area contributed by atoms with Gasteiger partial charge in [0, 0.05) is 11.6 Å². The summed E-state index contributed by atoms with van der Waals surface area (Å²) in [5.41, 5.74) is 9.52. The molecule has 1 aliphatic rings. The van der Waals surface area contributed by atoms with Crippen LogP contribution in [0.2, 0.25) is 0 Å². The maximum Gasteiger partial charge on any atom is 0.250 e. The van der Waals surface area contributed by atoms with Crippen molar-refractivity contribution in [1.29, 1.82) is 5.26 Å². The monoisotopic (exact) mass is 423 g/mol. The fourth-order valence-corrected chi connectivity index (χ4v) is 5.62. The Hall–Kier alpha value is -3.31. The molecular weight excluding hydrogens is 402 g/mol. The number of nitrogens with zero attached hydrogens (tertiary/aromatic N) is 1. The van der Waals surface area contributed by atoms with Crippen LogP contribution in [-0.2, 0) is 9.84 Å². The van der Waals surface area contributed by atoms with Crippen molar-refractivity contribution in [3.05, 3.63) is 53.2 Å². The highest BCUT2D eigenvalue weighted by molar-refractivity contribution is 7.91. The van der Waals surface area contributed by atoms with Crippen LogP contribution in [0.3, 0.4) is 0 Å². The van der Waals surface area contributed by atoms with Crippen molar-refractivity contribution in [3.8, 4) is 22.9 Å². The molecule has 2 aromatic carbocycles. The molecular formula is C22H21N3O4S. The number of aromatic amines is 1. The van der Waals surface area contributed by atoms with Crippen LogP contribution in [0, 0.1) is 11.3 Å². The standard InChI is InChI=1S/C22H21N3O4S/c1-29-20-3-2-14(8-16(20)11-23)15-9-17-19(13-4-6-30(27,28)7-5-13)12-25-21(17)18(10-15)22(24)26/h2-3,8-10,12-13,25H,4-7H2,1H3,(H2,24,26). The first-order valence-corrected chi connectivity index (χ1v) is 11.4. The average Bonchev–Trinajstić information content (AvgIpc) is 3.16. The van der Waals surface area contributed by atoms with Crippen molar-refractivity contribution < 1.29 is 17.9 Å². The highest BCUT2D eigenvalue weighted by Crippen LogP contribution is 2.37. The number of methoxy groups -OCH3 is 1. The van der Waals surface area contributed by atoms with E-state index >= 15 is 0 Å². The number of carbonyl (C=O) groups excluding carboxylic acids is 1. The lowest BCUT2D eigenvalue weighted by Gasteiger charge is -2.21. The zero-order valence-electron chi connectivity index (χ0n) is 16.4. The van der Waals surface area contributed by atoms with Gasteiger partial charge in [0.2, 0.25) is 0 Å². The van der Waals surface area contributed by atoms with E-state index in [9.17, 15) is 18.5 Å². The molecule has 4 rings (SSSR count). The van der Waals surface area contributed by atoms with E-state index in [0.29, 0.717) is 35.2 Å². The molecule has 0 unspecified atom stereocenters. The molecule has 0 aliphatic carbocycles. The van der Waals surface area contributed by atoms with E-state index in [1.54, 1.807) is 18.2 Å². The number of nitrogens with two attached hydrogens (primary N) is 1. The molecule has 154 valence electrons. The first-order valence-electron chi connectivity index (χ1n) is 9.56. The summed E-state index contributed by atoms with van der Waals surface area (Å²) >= 11 is 0. The minimum absolute atomic E-state index is 0.0868. The molecule has 0 spiro atoms. The van der Waals surface area contributed by atoms with E-state index in [0.717, 1.165) is 22.1 Å². The molecule has 30 heavy (non-hydrogen) atoms. The Bertz CT molecular complexity index is 1290. The summed E-state index contributed by atoms with van der Waals surface area (Å²) in [5, 5.41) is 10.2. The van der Waals surface area contributed by atoms with Gasteiger partial charge >= 0.3 is 0 Å². The Balaban J connectivity index is 1.86. The molecule has 1 aromatic heterocycles. The molecule has 0 saturated carbocycles. The lowest BCUT2D eigenvalue weighted by molar-refractivity contribution is 0.100. The van der Waals surface area contributed by atoms with Crippen LogP contribution < -0.4 is 10.5 Å². The predicted molar refractivity (Wildman–Crippen MR) is 114 cm³/mol. The zero-order valence-corrected chi connectivity index (χ0v) is 17.3. The number of hydrogen-bond acceptors (Lipinski definition) is 5. The molecule has 8 heteroatoms. The van der Waals surface area contributed by atoms with Crippen LogP contribution in [0.15, 0.2) is 36.5 Å². The molecule has 2 heterocycles. The van der Waals surface area contributed by atoms with Crippen LogP contribution in [0.1, 0.15) is 40.2 Å². The molecule has 7 nitrogen and oxygen atoms in total. The maximum absolute atomic E-state index is 12.1. The molecule has 0 radical (unpaired) electrons. The average molecular weight is 423 g/mol. The number of nitriles is 1. The van der Waals surface area contributed by atoms with Crippen molar-refractivity contribution in [2.24, 2.45) is 5.73 Å². The molecule has 1 saturated heterocycles. The van der Waals surface area contributed by atoms with Crippen molar-refractivity contribution in [2.45, 2.75) is 18.8 Å². The Morgan fingerprint density at radius 1 is 1.20 bits per heavy atom. The number of ether oxygens (including phenoxy) is 1. The van der Waals surface area contributed by atoms with Gasteiger partial charge in [0.15, 0.2) is 0 Å². The van der Waals surface area contributed by atoms with Gasteiger partial charge in [-0.15, -0.1) is 0 Å². The maximum atomic E-state index is 12.1. The third kappa shape index (κ3) is 3.53. The largest absolute Gasteiger partial charge is 0.495 e. The Morgan fingerprint density at radius 3 is 2.57 bits per heavy atom. The van der Waals surface area contributed by atoms with Crippen molar-refractivity contribution >= 4 is 26.6 Å². The summed E-state index contributed by atoms with van der Waals surface area (Å²) in [5.74, 6) is 0.329. The molecule has 0 atom stereocenters. The fraction of sp³-hybridized carbons (Fsp3) is 0.273. The topological polar surface area (TPSA) is 126 Å². The van der Waals surface area contributed by atoms with Crippen LogP contribution in [-0.4, -0.2) is 37.9 Å². The number of nitrogens with one attached hydrogen (secondary N) is 1. The number of carbonyl (C=O) groups is 1. The fourth-order valence-electron chi connectivity index (χ4n) is 4.13. The van der Waals surface area contributed by atoms with Gasteiger partial charge in [0.25, 0.3) is 5.91 Å². The lowest BCUT2D eigenvalue weighted by Crippen LogP contribution is -2.22. The highest BCUT2D eigenvalue weighted by atomic mass is 32.2. The van der Waals surface area contributed by atoms with Crippen molar-refractivity contribution in [3.63, 3.8) is 0 Å². The van der Waals surface area contributed by atoms with Crippen LogP contribution >= 0.6 is 0 Å². The second kappa shape index (κ2) is 7.50. The smallest absolute Gasteiger partial charge is 0.250 e. The summed E-state index contributed by atoms with van der Waals surface area (Å²) in [6, 6.07) is 11.0. The molecule has 3 aromatic rings. The van der Waals surface area contributed by atoms with Crippen LogP contribution in [0.5, 0.6) is 5.75 Å². The van der Waals surface area contributed by atoms with Gasteiger partial charge in [0.1, 0.15) is 21.7 Å². The first-order chi connectivity index (χ1) is 14.3. The quantitative estimate of drug-likeness (QED) is 0.667. The summed E-state index contributed by atoms with van der Waals surface area (Å²) in [6.07, 6.45) is 2.94. The number of fused-ring (bicyclic) bond motifs is 1. The molecule has 3 N–H and O–H groups in total. The number of aromatic nitrogens is 1. The number of rotatable bonds is 4. The first kappa shape index (κ1) is 20.0. The zero-order chi connectivity index (χ0) is 21.5. The summed E-state index contributed by atoms with van der Waals surface area (Å²) < 4.78 is 28.8. The van der Waals surface area contributed by atoms with Crippen molar-refractivity contribution in [1.82, 2.24) is 4.98 Å². The SMILES string of the molecule is COc1ccc(-c2cc(C(N)=O)c3[nH]cc(C4CCS(=O)(=O)CC4)c3c2)cc1C#N. The lowest BCUT2D eigenvalue weighted by atomic mass is 9.90. The number of sulfone groups is 1. The Morgan fingerprint density at radius 2 is 1.93 bits per heavy atom. The Kier molecular flexibility index (Phi) is 5.00. The van der Waals surface area contributed by atoms with Gasteiger partial charge in [-0.25, -0.2) is 8.42 Å². The van der Waals surface area contributed by atoms with E-state index in [-0.39, 0.29) is 17.4 Å². The second-order valence-electron chi connectivity index (χ2n) is 7.51. The van der Waals surface area contributed by atoms with Gasteiger partial charge in [0.05, 0.1) is 35.3 Å². The predicted octanol–water partition coefficient (Wildman–Crippen LogP) is 3.11. The highest BCUT2D eigenvalue weighted by Gasteiger charge is 2.27. The van der Waals surface area contributed by atoms with Gasteiger partial charge < -0.3 is 15.5 Å². The van der Waals surface area contributed by atoms with Gasteiger partial charge in [-0.3, -0.25) is 4.79 Å².